The van der Waals surface area contributed by atoms with E-state index in [1.165, 1.54) is 16.5 Å². The fraction of sp³-hybridized carbons (Fsp3) is 0.385. The zero-order valence-corrected chi connectivity index (χ0v) is 22.1. The summed E-state index contributed by atoms with van der Waals surface area (Å²) in [6.45, 7) is 8.67. The van der Waals surface area contributed by atoms with Gasteiger partial charge in [0.25, 0.3) is 10.0 Å². The standard InChI is InChI=1S/C26H30N6O4S/c1-18-5-7-21(8-6-18)37(34,35)32-14-11-22-23(27-17-28-24(22)32)19-15-29-31(16-19)20-9-12-30(13-10-20)25(33)36-26(2,3)4/h5-8,11,14-17,20H,9-10,12-13H2,1-4H3. The van der Waals surface area contributed by atoms with E-state index in [-0.39, 0.29) is 17.0 Å². The molecule has 4 aromatic rings. The minimum absolute atomic E-state index is 0.135. The van der Waals surface area contributed by atoms with Crippen molar-refractivity contribution in [1.82, 2.24) is 28.6 Å². The highest BCUT2D eigenvalue weighted by Crippen LogP contribution is 2.30. The van der Waals surface area contributed by atoms with Gasteiger partial charge in [0.15, 0.2) is 5.65 Å². The van der Waals surface area contributed by atoms with E-state index in [9.17, 15) is 13.2 Å². The van der Waals surface area contributed by atoms with Gasteiger partial charge in [0.1, 0.15) is 11.9 Å². The lowest BCUT2D eigenvalue weighted by Crippen LogP contribution is -2.42. The number of fused-ring (bicyclic) bond motifs is 1. The van der Waals surface area contributed by atoms with E-state index in [1.54, 1.807) is 41.4 Å². The maximum absolute atomic E-state index is 13.3. The summed E-state index contributed by atoms with van der Waals surface area (Å²) in [4.78, 5) is 23.0. The van der Waals surface area contributed by atoms with Crippen LogP contribution in [0.5, 0.6) is 0 Å². The number of benzene rings is 1. The second-order valence-corrected chi connectivity index (χ2v) is 12.1. The summed E-state index contributed by atoms with van der Waals surface area (Å²) >= 11 is 0. The second kappa shape index (κ2) is 9.29. The van der Waals surface area contributed by atoms with Gasteiger partial charge in [-0.3, -0.25) is 4.68 Å². The smallest absolute Gasteiger partial charge is 0.410 e. The van der Waals surface area contributed by atoms with Crippen LogP contribution in [-0.4, -0.2) is 61.8 Å². The molecule has 0 unspecified atom stereocenters. The molecule has 1 saturated heterocycles. The van der Waals surface area contributed by atoms with Gasteiger partial charge in [-0.25, -0.2) is 27.2 Å². The van der Waals surface area contributed by atoms with Crippen molar-refractivity contribution >= 4 is 27.1 Å². The molecule has 4 heterocycles. The number of hydrogen-bond acceptors (Lipinski definition) is 7. The number of amides is 1. The van der Waals surface area contributed by atoms with Crippen LogP contribution in [0.4, 0.5) is 4.79 Å². The Balaban J connectivity index is 1.37. The minimum atomic E-state index is -3.81. The van der Waals surface area contributed by atoms with Crippen LogP contribution in [-0.2, 0) is 14.8 Å². The molecule has 0 aliphatic carbocycles. The van der Waals surface area contributed by atoms with Crippen molar-refractivity contribution in [3.05, 3.63) is 60.8 Å². The lowest BCUT2D eigenvalue weighted by Gasteiger charge is -2.33. The zero-order valence-electron chi connectivity index (χ0n) is 21.3. The van der Waals surface area contributed by atoms with Gasteiger partial charge < -0.3 is 9.64 Å². The van der Waals surface area contributed by atoms with Gasteiger partial charge in [-0.05, 0) is 58.7 Å². The molecule has 1 aliphatic heterocycles. The SMILES string of the molecule is Cc1ccc(S(=O)(=O)n2ccc3c(-c4cnn(C5CCN(C(=O)OC(C)(C)C)CC5)c4)ncnc32)cc1. The molecule has 0 spiro atoms. The normalized spacial score (nSPS) is 15.3. The third-order valence-electron chi connectivity index (χ3n) is 6.39. The average Bonchev–Trinajstić information content (AvgIpc) is 3.51. The van der Waals surface area contributed by atoms with Crippen LogP contribution in [0.25, 0.3) is 22.3 Å². The van der Waals surface area contributed by atoms with Gasteiger partial charge in [0.2, 0.25) is 0 Å². The summed E-state index contributed by atoms with van der Waals surface area (Å²) in [5.41, 5.74) is 2.15. The van der Waals surface area contributed by atoms with E-state index in [1.807, 2.05) is 38.6 Å². The number of carbonyl (C=O) groups excluding carboxylic acids is 1. The Morgan fingerprint density at radius 1 is 1.05 bits per heavy atom. The van der Waals surface area contributed by atoms with Crippen molar-refractivity contribution in [2.75, 3.05) is 13.1 Å². The van der Waals surface area contributed by atoms with Gasteiger partial charge in [0, 0.05) is 36.4 Å². The molecular weight excluding hydrogens is 492 g/mol. The lowest BCUT2D eigenvalue weighted by atomic mass is 10.1. The molecule has 0 radical (unpaired) electrons. The molecule has 0 bridgehead atoms. The van der Waals surface area contributed by atoms with Crippen molar-refractivity contribution in [1.29, 1.82) is 0 Å². The Hall–Kier alpha value is -3.73. The van der Waals surface area contributed by atoms with Crippen LogP contribution in [0, 0.1) is 6.92 Å². The van der Waals surface area contributed by atoms with E-state index in [0.29, 0.717) is 29.8 Å². The van der Waals surface area contributed by atoms with Crippen molar-refractivity contribution in [3.63, 3.8) is 0 Å². The van der Waals surface area contributed by atoms with E-state index in [0.717, 1.165) is 24.0 Å². The van der Waals surface area contributed by atoms with Crippen LogP contribution < -0.4 is 0 Å². The van der Waals surface area contributed by atoms with Gasteiger partial charge in [-0.15, -0.1) is 0 Å². The molecule has 3 aromatic heterocycles. The monoisotopic (exact) mass is 522 g/mol. The topological polar surface area (TPSA) is 112 Å². The Bertz CT molecular complexity index is 1540. The first kappa shape index (κ1) is 24.9. The second-order valence-electron chi connectivity index (χ2n) is 10.3. The van der Waals surface area contributed by atoms with E-state index >= 15 is 0 Å². The van der Waals surface area contributed by atoms with Crippen LogP contribution in [0.15, 0.2) is 60.1 Å². The summed E-state index contributed by atoms with van der Waals surface area (Å²) < 4.78 is 35.1. The van der Waals surface area contributed by atoms with Crippen molar-refractivity contribution in [2.45, 2.75) is 57.1 Å². The van der Waals surface area contributed by atoms with Crippen LogP contribution in [0.3, 0.4) is 0 Å². The molecule has 1 aromatic carbocycles. The highest BCUT2D eigenvalue weighted by atomic mass is 32.2. The Morgan fingerprint density at radius 3 is 2.43 bits per heavy atom. The summed E-state index contributed by atoms with van der Waals surface area (Å²) in [6.07, 6.45) is 7.75. The number of rotatable bonds is 4. The number of aromatic nitrogens is 5. The predicted octanol–water partition coefficient (Wildman–Crippen LogP) is 4.41. The number of hydrogen-bond donors (Lipinski definition) is 0. The molecule has 0 saturated carbocycles. The zero-order chi connectivity index (χ0) is 26.4. The first-order valence-corrected chi connectivity index (χ1v) is 13.6. The maximum atomic E-state index is 13.3. The fourth-order valence-corrected chi connectivity index (χ4v) is 5.78. The number of piperidine rings is 1. The summed E-state index contributed by atoms with van der Waals surface area (Å²) in [5, 5.41) is 5.18. The van der Waals surface area contributed by atoms with E-state index in [2.05, 4.69) is 15.1 Å². The molecule has 0 atom stereocenters. The number of ether oxygens (including phenoxy) is 1. The quantitative estimate of drug-likeness (QED) is 0.390. The summed E-state index contributed by atoms with van der Waals surface area (Å²) in [7, 11) is -3.81. The third-order valence-corrected chi connectivity index (χ3v) is 8.07. The molecule has 194 valence electrons. The molecule has 11 heteroatoms. The maximum Gasteiger partial charge on any atom is 0.410 e. The first-order chi connectivity index (χ1) is 17.5. The summed E-state index contributed by atoms with van der Waals surface area (Å²) in [5.74, 6) is 0. The van der Waals surface area contributed by atoms with Gasteiger partial charge in [-0.1, -0.05) is 17.7 Å². The Morgan fingerprint density at radius 2 is 1.76 bits per heavy atom. The van der Waals surface area contributed by atoms with Crippen molar-refractivity contribution in [2.24, 2.45) is 0 Å². The Kier molecular flexibility index (Phi) is 6.26. The Labute approximate surface area is 215 Å². The largest absolute Gasteiger partial charge is 0.444 e. The first-order valence-electron chi connectivity index (χ1n) is 12.2. The van der Waals surface area contributed by atoms with Crippen LogP contribution >= 0.6 is 0 Å². The predicted molar refractivity (Wildman–Crippen MR) is 139 cm³/mol. The highest BCUT2D eigenvalue weighted by molar-refractivity contribution is 7.90. The number of aryl methyl sites for hydroxylation is 1. The number of likely N-dealkylation sites (tertiary alicyclic amines) is 1. The van der Waals surface area contributed by atoms with Gasteiger partial charge in [0.05, 0.1) is 22.8 Å². The molecule has 5 rings (SSSR count). The fourth-order valence-electron chi connectivity index (χ4n) is 4.48. The van der Waals surface area contributed by atoms with Crippen molar-refractivity contribution < 1.29 is 17.9 Å². The molecule has 1 aliphatic rings. The third kappa shape index (κ3) is 4.95. The highest BCUT2D eigenvalue weighted by Gasteiger charge is 2.28. The van der Waals surface area contributed by atoms with Crippen molar-refractivity contribution in [3.8, 4) is 11.3 Å². The molecule has 10 nitrogen and oxygen atoms in total. The molecule has 1 amide bonds. The lowest BCUT2D eigenvalue weighted by molar-refractivity contribution is 0.0185. The molecule has 1 fully saturated rings. The average molecular weight is 523 g/mol. The minimum Gasteiger partial charge on any atom is -0.444 e. The molecular formula is C26H30N6O4S. The van der Waals surface area contributed by atoms with Crippen LogP contribution in [0.1, 0.15) is 45.2 Å². The number of carbonyl (C=O) groups is 1. The van der Waals surface area contributed by atoms with Crippen LogP contribution in [0.2, 0.25) is 0 Å². The molecule has 37 heavy (non-hydrogen) atoms. The van der Waals surface area contributed by atoms with Gasteiger partial charge in [-0.2, -0.15) is 5.10 Å². The number of nitrogens with zero attached hydrogens (tertiary/aromatic N) is 6. The van der Waals surface area contributed by atoms with E-state index < -0.39 is 15.6 Å². The van der Waals surface area contributed by atoms with E-state index in [4.69, 9.17) is 4.74 Å². The van der Waals surface area contributed by atoms with Gasteiger partial charge >= 0.3 is 6.09 Å². The summed E-state index contributed by atoms with van der Waals surface area (Å²) in [6, 6.07) is 8.58. The molecule has 0 N–H and O–H groups in total.